The van der Waals surface area contributed by atoms with Gasteiger partial charge in [-0.2, -0.15) is 0 Å². The third-order valence-electron chi connectivity index (χ3n) is 10.7. The van der Waals surface area contributed by atoms with Crippen molar-refractivity contribution < 1.29 is 4.42 Å². The standard InChI is InChI=1S/C51H32N4O/c1-5-15-33(16-6-1)37-23-13-24-39(31-37)55-43-30-29-41-46-42(51-53-49(35-19-9-3-10-20-35)52-50(54-51)36-21-11-4-12-22-36)25-14-26-45(46)56-48(41)47(43)40-28-27-38(32-44(40)55)34-17-7-2-8-18-34/h1-32H. The van der Waals surface area contributed by atoms with E-state index in [1.807, 2.05) is 72.8 Å². The maximum atomic E-state index is 6.94. The van der Waals surface area contributed by atoms with Crippen LogP contribution in [0.1, 0.15) is 0 Å². The predicted octanol–water partition coefficient (Wildman–Crippen LogP) is 13.2. The van der Waals surface area contributed by atoms with Crippen molar-refractivity contribution in [2.75, 3.05) is 0 Å². The number of hydrogen-bond donors (Lipinski definition) is 0. The van der Waals surface area contributed by atoms with Crippen molar-refractivity contribution >= 4 is 43.7 Å². The molecule has 0 saturated heterocycles. The fraction of sp³-hybridized carbons (Fsp3) is 0. The second-order valence-corrected chi connectivity index (χ2v) is 14.0. The highest BCUT2D eigenvalue weighted by atomic mass is 16.3. The molecule has 11 rings (SSSR count). The fourth-order valence-electron chi connectivity index (χ4n) is 8.04. The first-order valence-corrected chi connectivity index (χ1v) is 18.8. The van der Waals surface area contributed by atoms with Crippen molar-refractivity contribution in [3.8, 4) is 62.1 Å². The Labute approximate surface area is 322 Å². The molecule has 3 aromatic heterocycles. The van der Waals surface area contributed by atoms with Gasteiger partial charge < -0.3 is 8.98 Å². The number of aromatic nitrogens is 4. The predicted molar refractivity (Wildman–Crippen MR) is 229 cm³/mol. The SMILES string of the molecule is c1ccc(-c2cccc(-n3c4cc(-c5ccccc5)ccc4c4c5oc6cccc(-c7nc(-c8ccccc8)nc(-c8ccccc8)n7)c6c5ccc43)c2)cc1. The first kappa shape index (κ1) is 31.9. The smallest absolute Gasteiger partial charge is 0.164 e. The van der Waals surface area contributed by atoms with Gasteiger partial charge in [-0.05, 0) is 58.7 Å². The van der Waals surface area contributed by atoms with Crippen molar-refractivity contribution in [2.45, 2.75) is 0 Å². The van der Waals surface area contributed by atoms with Gasteiger partial charge in [0.05, 0.1) is 16.4 Å². The Morgan fingerprint density at radius 3 is 1.54 bits per heavy atom. The maximum absolute atomic E-state index is 6.94. The molecule has 0 saturated carbocycles. The third-order valence-corrected chi connectivity index (χ3v) is 10.7. The Bertz CT molecular complexity index is 3170. The van der Waals surface area contributed by atoms with Crippen LogP contribution in [0.15, 0.2) is 199 Å². The molecule has 8 aromatic carbocycles. The van der Waals surface area contributed by atoms with Gasteiger partial charge in [-0.1, -0.05) is 158 Å². The van der Waals surface area contributed by atoms with E-state index in [2.05, 4.69) is 126 Å². The number of hydrogen-bond acceptors (Lipinski definition) is 4. The summed E-state index contributed by atoms with van der Waals surface area (Å²) in [6.45, 7) is 0. The molecule has 5 heteroatoms. The molecule has 0 aliphatic heterocycles. The number of rotatable bonds is 6. The largest absolute Gasteiger partial charge is 0.455 e. The van der Waals surface area contributed by atoms with Crippen LogP contribution in [0.25, 0.3) is 106 Å². The van der Waals surface area contributed by atoms with Crippen LogP contribution in [0, 0.1) is 0 Å². The van der Waals surface area contributed by atoms with Crippen LogP contribution in [0.2, 0.25) is 0 Å². The van der Waals surface area contributed by atoms with Crippen molar-refractivity contribution in [1.82, 2.24) is 19.5 Å². The van der Waals surface area contributed by atoms with E-state index >= 15 is 0 Å². The first-order valence-electron chi connectivity index (χ1n) is 18.8. The van der Waals surface area contributed by atoms with Gasteiger partial charge in [0.2, 0.25) is 0 Å². The van der Waals surface area contributed by atoms with Crippen molar-refractivity contribution in [2.24, 2.45) is 0 Å². The summed E-state index contributed by atoms with van der Waals surface area (Å²) in [6, 6.07) is 67.4. The summed E-state index contributed by atoms with van der Waals surface area (Å²) in [6.07, 6.45) is 0. The molecule has 0 unspecified atom stereocenters. The molecular formula is C51H32N4O. The number of benzene rings is 8. The molecule has 0 atom stereocenters. The molecule has 0 N–H and O–H groups in total. The number of fused-ring (bicyclic) bond motifs is 7. The summed E-state index contributed by atoms with van der Waals surface area (Å²) in [7, 11) is 0. The van der Waals surface area contributed by atoms with E-state index in [0.29, 0.717) is 17.5 Å². The molecule has 3 heterocycles. The molecule has 262 valence electrons. The normalized spacial score (nSPS) is 11.6. The van der Waals surface area contributed by atoms with Crippen LogP contribution in [0.5, 0.6) is 0 Å². The van der Waals surface area contributed by atoms with Crippen LogP contribution in [-0.4, -0.2) is 19.5 Å². The number of furan rings is 1. The molecule has 0 aliphatic carbocycles. The lowest BCUT2D eigenvalue weighted by atomic mass is 10.0. The lowest BCUT2D eigenvalue weighted by molar-refractivity contribution is 0.673. The molecule has 56 heavy (non-hydrogen) atoms. The molecule has 0 amide bonds. The van der Waals surface area contributed by atoms with Gasteiger partial charge in [-0.25, -0.2) is 15.0 Å². The Balaban J connectivity index is 1.18. The number of nitrogens with zero attached hydrogens (tertiary/aromatic N) is 4. The topological polar surface area (TPSA) is 56.7 Å². The van der Waals surface area contributed by atoms with Gasteiger partial charge in [-0.3, -0.25) is 0 Å². The molecule has 0 fully saturated rings. The second-order valence-electron chi connectivity index (χ2n) is 14.0. The van der Waals surface area contributed by atoms with Crippen LogP contribution in [-0.2, 0) is 0 Å². The van der Waals surface area contributed by atoms with E-state index in [0.717, 1.165) is 77.2 Å². The maximum Gasteiger partial charge on any atom is 0.164 e. The van der Waals surface area contributed by atoms with E-state index in [9.17, 15) is 0 Å². The lowest BCUT2D eigenvalue weighted by Crippen LogP contribution is -2.00. The minimum Gasteiger partial charge on any atom is -0.455 e. The van der Waals surface area contributed by atoms with Crippen LogP contribution >= 0.6 is 0 Å². The van der Waals surface area contributed by atoms with E-state index < -0.39 is 0 Å². The third kappa shape index (κ3) is 5.29. The molecule has 0 aliphatic rings. The zero-order valence-electron chi connectivity index (χ0n) is 30.2. The summed E-state index contributed by atoms with van der Waals surface area (Å²) in [5.41, 5.74) is 12.3. The zero-order valence-corrected chi connectivity index (χ0v) is 30.2. The summed E-state index contributed by atoms with van der Waals surface area (Å²) in [5, 5.41) is 4.17. The van der Waals surface area contributed by atoms with E-state index in [1.54, 1.807) is 0 Å². The Kier molecular flexibility index (Phi) is 7.42. The van der Waals surface area contributed by atoms with Crippen molar-refractivity contribution in [1.29, 1.82) is 0 Å². The second kappa shape index (κ2) is 13.0. The summed E-state index contributed by atoms with van der Waals surface area (Å²) < 4.78 is 9.31. The van der Waals surface area contributed by atoms with Crippen molar-refractivity contribution in [3.63, 3.8) is 0 Å². The van der Waals surface area contributed by atoms with Gasteiger partial charge in [0.1, 0.15) is 11.2 Å². The van der Waals surface area contributed by atoms with Crippen LogP contribution < -0.4 is 0 Å². The molecule has 0 radical (unpaired) electrons. The summed E-state index contributed by atoms with van der Waals surface area (Å²) in [4.78, 5) is 15.1. The van der Waals surface area contributed by atoms with Gasteiger partial charge in [0, 0.05) is 38.5 Å². The van der Waals surface area contributed by atoms with Gasteiger partial charge in [-0.15, -0.1) is 0 Å². The molecule has 11 aromatic rings. The highest BCUT2D eigenvalue weighted by Gasteiger charge is 2.23. The summed E-state index contributed by atoms with van der Waals surface area (Å²) >= 11 is 0. The zero-order chi connectivity index (χ0) is 37.0. The molecular weight excluding hydrogens is 685 g/mol. The molecule has 0 bridgehead atoms. The van der Waals surface area contributed by atoms with Gasteiger partial charge in [0.25, 0.3) is 0 Å². The molecule has 5 nitrogen and oxygen atoms in total. The summed E-state index contributed by atoms with van der Waals surface area (Å²) in [5.74, 6) is 1.84. The van der Waals surface area contributed by atoms with Gasteiger partial charge >= 0.3 is 0 Å². The fourth-order valence-corrected chi connectivity index (χ4v) is 8.04. The minimum atomic E-state index is 0.596. The Morgan fingerprint density at radius 2 is 0.893 bits per heavy atom. The van der Waals surface area contributed by atoms with Crippen LogP contribution in [0.4, 0.5) is 0 Å². The monoisotopic (exact) mass is 716 g/mol. The Hall–Kier alpha value is -7.63. The van der Waals surface area contributed by atoms with Gasteiger partial charge in [0.15, 0.2) is 17.5 Å². The van der Waals surface area contributed by atoms with Crippen molar-refractivity contribution in [3.05, 3.63) is 194 Å². The van der Waals surface area contributed by atoms with Crippen LogP contribution in [0.3, 0.4) is 0 Å². The highest BCUT2D eigenvalue weighted by Crippen LogP contribution is 2.44. The quantitative estimate of drug-likeness (QED) is 0.172. The Morgan fingerprint density at radius 1 is 0.357 bits per heavy atom. The lowest BCUT2D eigenvalue weighted by Gasteiger charge is -2.11. The first-order chi connectivity index (χ1) is 27.8. The average Bonchev–Trinajstić information content (AvgIpc) is 3.83. The minimum absolute atomic E-state index is 0.596. The van der Waals surface area contributed by atoms with E-state index in [4.69, 9.17) is 19.4 Å². The van der Waals surface area contributed by atoms with E-state index in [1.165, 1.54) is 11.1 Å². The average molecular weight is 717 g/mol. The highest BCUT2D eigenvalue weighted by molar-refractivity contribution is 6.25. The van der Waals surface area contributed by atoms with E-state index in [-0.39, 0.29) is 0 Å². The molecule has 0 spiro atoms.